The molecule has 2 rings (SSSR count). The average Bonchev–Trinajstić information content (AvgIpc) is 2.48. The van der Waals surface area contributed by atoms with E-state index in [0.29, 0.717) is 6.04 Å². The lowest BCUT2D eigenvalue weighted by atomic mass is 9.82. The highest BCUT2D eigenvalue weighted by atomic mass is 16.2. The number of nitrogens with one attached hydrogen (secondary N) is 1. The summed E-state index contributed by atoms with van der Waals surface area (Å²) in [4.78, 5) is 14.8. The fraction of sp³-hybridized carbons (Fsp3) is 0.938. The van der Waals surface area contributed by atoms with Crippen LogP contribution < -0.4 is 11.1 Å². The summed E-state index contributed by atoms with van der Waals surface area (Å²) in [5.74, 6) is 0.0715. The van der Waals surface area contributed by atoms with Gasteiger partial charge in [-0.15, -0.1) is 0 Å². The first-order valence-electron chi connectivity index (χ1n) is 8.47. The summed E-state index contributed by atoms with van der Waals surface area (Å²) in [5, 5.41) is 3.08. The molecule has 20 heavy (non-hydrogen) atoms. The molecule has 2 aliphatic rings. The Balaban J connectivity index is 1.73. The Morgan fingerprint density at radius 2 is 2.00 bits per heavy atom. The van der Waals surface area contributed by atoms with E-state index in [2.05, 4.69) is 17.1 Å². The van der Waals surface area contributed by atoms with Crippen molar-refractivity contribution in [3.63, 3.8) is 0 Å². The van der Waals surface area contributed by atoms with Crippen LogP contribution in [0.25, 0.3) is 0 Å². The van der Waals surface area contributed by atoms with Crippen molar-refractivity contribution in [2.75, 3.05) is 19.6 Å². The van der Waals surface area contributed by atoms with Gasteiger partial charge in [0, 0.05) is 19.1 Å². The molecule has 2 fully saturated rings. The molecular weight excluding hydrogens is 250 g/mol. The third kappa shape index (κ3) is 3.95. The Kier molecular flexibility index (Phi) is 5.85. The second kappa shape index (κ2) is 7.41. The third-order valence-corrected chi connectivity index (χ3v) is 5.10. The van der Waals surface area contributed by atoms with Crippen LogP contribution in [0, 0.1) is 0 Å². The van der Waals surface area contributed by atoms with Gasteiger partial charge in [-0.1, -0.05) is 32.6 Å². The van der Waals surface area contributed by atoms with Gasteiger partial charge in [-0.05, 0) is 38.6 Å². The zero-order chi connectivity index (χ0) is 14.4. The van der Waals surface area contributed by atoms with E-state index in [4.69, 9.17) is 5.73 Å². The molecule has 3 N–H and O–H groups in total. The number of carbonyl (C=O) groups excluding carboxylic acids is 1. The number of rotatable bonds is 5. The number of carbonyl (C=O) groups is 1. The highest BCUT2D eigenvalue weighted by Crippen LogP contribution is 2.26. The molecule has 1 aliphatic heterocycles. The van der Waals surface area contributed by atoms with E-state index in [1.807, 2.05) is 0 Å². The number of piperidine rings is 1. The van der Waals surface area contributed by atoms with E-state index in [9.17, 15) is 4.79 Å². The Morgan fingerprint density at radius 3 is 2.70 bits per heavy atom. The summed E-state index contributed by atoms with van der Waals surface area (Å²) in [7, 11) is 0. The number of nitrogens with zero attached hydrogens (tertiary/aromatic N) is 1. The molecule has 116 valence electrons. The predicted octanol–water partition coefficient (Wildman–Crippen LogP) is 2.03. The molecule has 1 heterocycles. The van der Waals surface area contributed by atoms with Crippen LogP contribution in [0.15, 0.2) is 0 Å². The van der Waals surface area contributed by atoms with Crippen LogP contribution in [0.2, 0.25) is 0 Å². The molecule has 0 bridgehead atoms. The van der Waals surface area contributed by atoms with Crippen LogP contribution in [0.5, 0.6) is 0 Å². The van der Waals surface area contributed by atoms with Gasteiger partial charge in [0.1, 0.15) is 0 Å². The molecule has 0 aromatic rings. The predicted molar refractivity (Wildman–Crippen MR) is 82.5 cm³/mol. The van der Waals surface area contributed by atoms with E-state index >= 15 is 0 Å². The van der Waals surface area contributed by atoms with E-state index in [1.54, 1.807) is 0 Å². The lowest BCUT2D eigenvalue weighted by Crippen LogP contribution is -2.56. The van der Waals surface area contributed by atoms with E-state index in [0.717, 1.165) is 38.8 Å². The quantitative estimate of drug-likeness (QED) is 0.810. The van der Waals surface area contributed by atoms with Crippen LogP contribution in [-0.4, -0.2) is 42.0 Å². The molecule has 1 saturated carbocycles. The largest absolute Gasteiger partial charge is 0.353 e. The molecule has 0 aromatic heterocycles. The lowest BCUT2D eigenvalue weighted by molar-refractivity contribution is -0.127. The van der Waals surface area contributed by atoms with Crippen LogP contribution >= 0.6 is 0 Å². The van der Waals surface area contributed by atoms with Crippen molar-refractivity contribution in [3.05, 3.63) is 0 Å². The highest BCUT2D eigenvalue weighted by Gasteiger charge is 2.35. The highest BCUT2D eigenvalue weighted by molar-refractivity contribution is 5.86. The van der Waals surface area contributed by atoms with Gasteiger partial charge in [0.25, 0.3) is 0 Å². The molecule has 4 nitrogen and oxygen atoms in total. The summed E-state index contributed by atoms with van der Waals surface area (Å²) >= 11 is 0. The van der Waals surface area contributed by atoms with Gasteiger partial charge in [-0.25, -0.2) is 0 Å². The third-order valence-electron chi connectivity index (χ3n) is 5.10. The van der Waals surface area contributed by atoms with Gasteiger partial charge in [0.15, 0.2) is 0 Å². The average molecular weight is 281 g/mol. The van der Waals surface area contributed by atoms with Crippen LogP contribution in [0.1, 0.15) is 64.7 Å². The van der Waals surface area contributed by atoms with E-state index < -0.39 is 5.54 Å². The summed E-state index contributed by atoms with van der Waals surface area (Å²) in [6, 6.07) is 0.710. The second-order valence-electron chi connectivity index (χ2n) is 6.57. The van der Waals surface area contributed by atoms with Crippen LogP contribution in [0.3, 0.4) is 0 Å². The summed E-state index contributed by atoms with van der Waals surface area (Å²) in [6.45, 7) is 5.16. The molecular formula is C16H31N3O. The molecule has 1 saturated heterocycles. The molecule has 0 radical (unpaired) electrons. The van der Waals surface area contributed by atoms with Gasteiger partial charge < -0.3 is 11.1 Å². The minimum atomic E-state index is -0.593. The van der Waals surface area contributed by atoms with Crippen LogP contribution in [-0.2, 0) is 4.79 Å². The number of hydrogen-bond acceptors (Lipinski definition) is 3. The van der Waals surface area contributed by atoms with Gasteiger partial charge in [0.2, 0.25) is 5.91 Å². The first-order valence-corrected chi connectivity index (χ1v) is 8.47. The molecule has 1 aliphatic carbocycles. The van der Waals surface area contributed by atoms with Crippen molar-refractivity contribution in [2.24, 2.45) is 5.73 Å². The number of amides is 1. The molecule has 1 atom stereocenters. The summed E-state index contributed by atoms with van der Waals surface area (Å²) < 4.78 is 0. The van der Waals surface area contributed by atoms with Crippen LogP contribution in [0.4, 0.5) is 0 Å². The second-order valence-corrected chi connectivity index (χ2v) is 6.57. The fourth-order valence-electron chi connectivity index (χ4n) is 3.72. The van der Waals surface area contributed by atoms with Gasteiger partial charge in [0.05, 0.1) is 5.54 Å². The normalized spacial score (nSPS) is 27.2. The Hall–Kier alpha value is -0.610. The maximum atomic E-state index is 12.3. The molecule has 1 unspecified atom stereocenters. The Bertz CT molecular complexity index is 313. The van der Waals surface area contributed by atoms with Gasteiger partial charge >= 0.3 is 0 Å². The van der Waals surface area contributed by atoms with Crippen molar-refractivity contribution in [2.45, 2.75) is 76.3 Å². The zero-order valence-electron chi connectivity index (χ0n) is 13.0. The standard InChI is InChI=1S/C16H31N3O/c1-2-14-8-4-7-12-19(14)13-11-18-15(20)16(17)9-5-3-6-10-16/h14H,2-13,17H2,1H3,(H,18,20). The fourth-order valence-corrected chi connectivity index (χ4v) is 3.72. The topological polar surface area (TPSA) is 58.4 Å². The molecule has 1 amide bonds. The summed E-state index contributed by atoms with van der Waals surface area (Å²) in [5.41, 5.74) is 5.66. The molecule has 4 heteroatoms. The van der Waals surface area contributed by atoms with Crippen molar-refractivity contribution in [1.82, 2.24) is 10.2 Å². The first-order chi connectivity index (χ1) is 9.65. The Morgan fingerprint density at radius 1 is 1.25 bits per heavy atom. The first kappa shape index (κ1) is 15.8. The smallest absolute Gasteiger partial charge is 0.240 e. The SMILES string of the molecule is CCC1CCCCN1CCNC(=O)C1(N)CCCCC1. The molecule has 0 aromatic carbocycles. The van der Waals surface area contributed by atoms with Crippen molar-refractivity contribution >= 4 is 5.91 Å². The lowest BCUT2D eigenvalue weighted by Gasteiger charge is -2.36. The van der Waals surface area contributed by atoms with Crippen molar-refractivity contribution < 1.29 is 4.79 Å². The zero-order valence-corrected chi connectivity index (χ0v) is 13.0. The number of likely N-dealkylation sites (tertiary alicyclic amines) is 1. The Labute approximate surface area is 123 Å². The van der Waals surface area contributed by atoms with E-state index in [1.165, 1.54) is 38.6 Å². The number of hydrogen-bond donors (Lipinski definition) is 2. The van der Waals surface area contributed by atoms with Gasteiger partial charge in [-0.2, -0.15) is 0 Å². The van der Waals surface area contributed by atoms with Gasteiger partial charge in [-0.3, -0.25) is 9.69 Å². The van der Waals surface area contributed by atoms with E-state index in [-0.39, 0.29) is 5.91 Å². The molecule has 0 spiro atoms. The maximum absolute atomic E-state index is 12.3. The summed E-state index contributed by atoms with van der Waals surface area (Å²) in [6.07, 6.45) is 10.3. The van der Waals surface area contributed by atoms with Crippen molar-refractivity contribution in [1.29, 1.82) is 0 Å². The minimum Gasteiger partial charge on any atom is -0.353 e. The number of nitrogens with two attached hydrogens (primary N) is 1. The minimum absolute atomic E-state index is 0.0715. The van der Waals surface area contributed by atoms with Crippen molar-refractivity contribution in [3.8, 4) is 0 Å². The monoisotopic (exact) mass is 281 g/mol. The maximum Gasteiger partial charge on any atom is 0.240 e.